The van der Waals surface area contributed by atoms with Crippen LogP contribution in [0, 0.1) is 5.82 Å². The lowest BCUT2D eigenvalue weighted by Crippen LogP contribution is -2.30. The summed E-state index contributed by atoms with van der Waals surface area (Å²) in [4.78, 5) is 23.0. The zero-order valence-corrected chi connectivity index (χ0v) is 11.2. The van der Waals surface area contributed by atoms with Gasteiger partial charge in [-0.05, 0) is 18.2 Å². The first-order chi connectivity index (χ1) is 9.47. The summed E-state index contributed by atoms with van der Waals surface area (Å²) in [5.41, 5.74) is 5.39. The van der Waals surface area contributed by atoms with Crippen molar-refractivity contribution < 1.29 is 9.18 Å². The number of hydrogen-bond acceptors (Lipinski definition) is 3. The van der Waals surface area contributed by atoms with Crippen LogP contribution in [0.3, 0.4) is 0 Å². The Balaban J connectivity index is 2.06. The van der Waals surface area contributed by atoms with Gasteiger partial charge in [-0.25, -0.2) is 4.39 Å². The van der Waals surface area contributed by atoms with Gasteiger partial charge in [0.05, 0.1) is 16.3 Å². The summed E-state index contributed by atoms with van der Waals surface area (Å²) in [5.74, 6) is -1.04. The molecule has 0 spiro atoms. The molecule has 0 aliphatic carbocycles. The molecule has 0 aliphatic heterocycles. The molecule has 0 atom stereocenters. The Kier molecular flexibility index (Phi) is 4.05. The van der Waals surface area contributed by atoms with E-state index in [2.05, 4.69) is 10.9 Å². The number of carbonyl (C=O) groups excluding carboxylic acids is 1. The number of hydrazine groups is 1. The van der Waals surface area contributed by atoms with Crippen molar-refractivity contribution in [1.29, 1.82) is 0 Å². The zero-order chi connectivity index (χ0) is 14.7. The number of aromatic nitrogens is 1. The van der Waals surface area contributed by atoms with Gasteiger partial charge in [-0.3, -0.25) is 20.4 Å². The number of amides is 1. The van der Waals surface area contributed by atoms with E-state index in [0.717, 1.165) is 6.07 Å². The number of nitrogens with zero attached hydrogens (tertiary/aromatic N) is 1. The lowest BCUT2D eigenvalue weighted by atomic mass is 10.2. The molecule has 0 aliphatic rings. The molecule has 2 rings (SSSR count). The molecule has 0 unspecified atom stereocenters. The van der Waals surface area contributed by atoms with Crippen molar-refractivity contribution in [3.63, 3.8) is 0 Å². The summed E-state index contributed by atoms with van der Waals surface area (Å²) >= 11 is 5.55. The minimum atomic E-state index is -0.590. The number of anilines is 1. The summed E-state index contributed by atoms with van der Waals surface area (Å²) in [6.07, 6.45) is 1.40. The van der Waals surface area contributed by atoms with E-state index in [4.69, 9.17) is 11.6 Å². The first-order valence-electron chi connectivity index (χ1n) is 5.65. The maximum Gasteiger partial charge on any atom is 0.271 e. The summed E-state index contributed by atoms with van der Waals surface area (Å²) < 4.78 is 14.5. The zero-order valence-electron chi connectivity index (χ0n) is 10.5. The Hall–Kier alpha value is -2.34. The van der Waals surface area contributed by atoms with Gasteiger partial charge >= 0.3 is 0 Å². The first-order valence-corrected chi connectivity index (χ1v) is 6.03. The average molecular weight is 296 g/mol. The standard InChI is InChI=1S/C13H11ClFN3O2/c1-18-7-8(2-5-12(18)19)13(20)17-16-9-3-4-10(14)11(15)6-9/h2-7,16H,1H3,(H,17,20). The van der Waals surface area contributed by atoms with Gasteiger partial charge in [-0.1, -0.05) is 11.6 Å². The Morgan fingerprint density at radius 3 is 2.70 bits per heavy atom. The van der Waals surface area contributed by atoms with Crippen LogP contribution in [0.15, 0.2) is 41.3 Å². The lowest BCUT2D eigenvalue weighted by Gasteiger charge is -2.09. The van der Waals surface area contributed by atoms with Gasteiger partial charge in [0.1, 0.15) is 5.82 Å². The summed E-state index contributed by atoms with van der Waals surface area (Å²) in [6, 6.07) is 6.74. The second-order valence-electron chi connectivity index (χ2n) is 4.07. The molecule has 2 aromatic rings. The van der Waals surface area contributed by atoms with E-state index in [9.17, 15) is 14.0 Å². The maximum absolute atomic E-state index is 13.2. The number of rotatable bonds is 3. The molecule has 104 valence electrons. The van der Waals surface area contributed by atoms with Crippen LogP contribution in [0.5, 0.6) is 0 Å². The highest BCUT2D eigenvalue weighted by Gasteiger charge is 2.07. The number of halogens is 2. The van der Waals surface area contributed by atoms with Gasteiger partial charge in [0.25, 0.3) is 5.91 Å². The highest BCUT2D eigenvalue weighted by molar-refractivity contribution is 6.30. The van der Waals surface area contributed by atoms with Crippen LogP contribution in [-0.4, -0.2) is 10.5 Å². The smallest absolute Gasteiger partial charge is 0.271 e. The third kappa shape index (κ3) is 3.16. The van der Waals surface area contributed by atoms with Crippen molar-refractivity contribution in [3.05, 3.63) is 63.3 Å². The van der Waals surface area contributed by atoms with Gasteiger partial charge in [0, 0.05) is 25.4 Å². The van der Waals surface area contributed by atoms with Crippen LogP contribution in [0.1, 0.15) is 10.4 Å². The Labute approximate surface area is 119 Å². The van der Waals surface area contributed by atoms with Crippen molar-refractivity contribution in [2.45, 2.75) is 0 Å². The SMILES string of the molecule is Cn1cc(C(=O)NNc2ccc(Cl)c(F)c2)ccc1=O. The number of hydrogen-bond donors (Lipinski definition) is 2. The Bertz CT molecular complexity index is 715. The van der Waals surface area contributed by atoms with Gasteiger partial charge in [0.2, 0.25) is 5.56 Å². The molecule has 20 heavy (non-hydrogen) atoms. The number of carbonyl (C=O) groups is 1. The largest absolute Gasteiger partial charge is 0.318 e. The molecule has 1 aromatic carbocycles. The average Bonchev–Trinajstić information content (AvgIpc) is 2.43. The predicted octanol–water partition coefficient (Wildman–Crippen LogP) is 1.93. The minimum Gasteiger partial charge on any atom is -0.318 e. The molecule has 0 saturated heterocycles. The van der Waals surface area contributed by atoms with E-state index < -0.39 is 11.7 Å². The molecular weight excluding hydrogens is 285 g/mol. The molecule has 0 fully saturated rings. The Morgan fingerprint density at radius 1 is 1.30 bits per heavy atom. The van der Waals surface area contributed by atoms with E-state index in [1.807, 2.05) is 0 Å². The van der Waals surface area contributed by atoms with Crippen LogP contribution < -0.4 is 16.4 Å². The highest BCUT2D eigenvalue weighted by atomic mass is 35.5. The first kappa shape index (κ1) is 14.1. The molecular formula is C13H11ClFN3O2. The quantitative estimate of drug-likeness (QED) is 0.851. The van der Waals surface area contributed by atoms with Gasteiger partial charge in [-0.15, -0.1) is 0 Å². The van der Waals surface area contributed by atoms with E-state index in [-0.39, 0.29) is 10.6 Å². The van der Waals surface area contributed by atoms with Crippen LogP contribution in [-0.2, 0) is 7.05 Å². The van der Waals surface area contributed by atoms with E-state index in [1.165, 1.54) is 35.0 Å². The second kappa shape index (κ2) is 5.75. The predicted molar refractivity (Wildman–Crippen MR) is 74.2 cm³/mol. The molecule has 0 saturated carbocycles. The topological polar surface area (TPSA) is 63.1 Å². The van der Waals surface area contributed by atoms with Crippen LogP contribution in [0.2, 0.25) is 5.02 Å². The third-order valence-corrected chi connectivity index (χ3v) is 2.89. The fourth-order valence-corrected chi connectivity index (χ4v) is 1.62. The molecule has 0 bridgehead atoms. The number of benzene rings is 1. The lowest BCUT2D eigenvalue weighted by molar-refractivity contribution is 0.0962. The minimum absolute atomic E-state index is 0.0000593. The number of aryl methyl sites for hydroxylation is 1. The normalized spacial score (nSPS) is 10.2. The molecule has 5 nitrogen and oxygen atoms in total. The summed E-state index contributed by atoms with van der Waals surface area (Å²) in [6.45, 7) is 0. The molecule has 1 amide bonds. The van der Waals surface area contributed by atoms with Gasteiger partial charge in [-0.2, -0.15) is 0 Å². The fraction of sp³-hybridized carbons (Fsp3) is 0.0769. The Morgan fingerprint density at radius 2 is 2.05 bits per heavy atom. The molecule has 2 N–H and O–H groups in total. The van der Waals surface area contributed by atoms with E-state index >= 15 is 0 Å². The molecule has 7 heteroatoms. The molecule has 1 aromatic heterocycles. The van der Waals surface area contributed by atoms with Crippen molar-refractivity contribution in [3.8, 4) is 0 Å². The number of nitrogens with one attached hydrogen (secondary N) is 2. The summed E-state index contributed by atoms with van der Waals surface area (Å²) in [7, 11) is 1.54. The van der Waals surface area contributed by atoms with Gasteiger partial charge in [0.15, 0.2) is 0 Å². The second-order valence-corrected chi connectivity index (χ2v) is 4.48. The maximum atomic E-state index is 13.2. The monoisotopic (exact) mass is 295 g/mol. The van der Waals surface area contributed by atoms with Crippen LogP contribution in [0.4, 0.5) is 10.1 Å². The van der Waals surface area contributed by atoms with Crippen molar-refractivity contribution in [1.82, 2.24) is 9.99 Å². The van der Waals surface area contributed by atoms with E-state index in [0.29, 0.717) is 11.3 Å². The molecule has 0 radical (unpaired) electrons. The van der Waals surface area contributed by atoms with E-state index in [1.54, 1.807) is 7.05 Å². The fourth-order valence-electron chi connectivity index (χ4n) is 1.50. The van der Waals surface area contributed by atoms with Gasteiger partial charge < -0.3 is 4.57 Å². The van der Waals surface area contributed by atoms with Crippen LogP contribution in [0.25, 0.3) is 0 Å². The summed E-state index contributed by atoms with van der Waals surface area (Å²) in [5, 5.41) is -0.0000593. The van der Waals surface area contributed by atoms with Crippen molar-refractivity contribution in [2.75, 3.05) is 5.43 Å². The van der Waals surface area contributed by atoms with Crippen molar-refractivity contribution in [2.24, 2.45) is 7.05 Å². The van der Waals surface area contributed by atoms with Crippen LogP contribution >= 0.6 is 11.6 Å². The van der Waals surface area contributed by atoms with Crippen molar-refractivity contribution >= 4 is 23.2 Å². The third-order valence-electron chi connectivity index (χ3n) is 2.59. The highest BCUT2D eigenvalue weighted by Crippen LogP contribution is 2.18. The molecule has 1 heterocycles. The number of pyridine rings is 1.